The molecule has 0 aliphatic heterocycles. The summed E-state index contributed by atoms with van der Waals surface area (Å²) < 4.78 is 36.1. The van der Waals surface area contributed by atoms with Crippen molar-refractivity contribution < 1.29 is 25.9 Å². The Kier molecular flexibility index (Phi) is 9.58. The number of hydrogen-bond donors (Lipinski definition) is 0. The number of allylic oxidation sites excluding steroid dienone is 1. The van der Waals surface area contributed by atoms with Crippen LogP contribution in [0.4, 0.5) is 0 Å². The van der Waals surface area contributed by atoms with Crippen LogP contribution in [0.25, 0.3) is 0 Å². The fourth-order valence-electron chi connectivity index (χ4n) is 2.75. The molecule has 148 valence electrons. The molecule has 0 amide bonds. The van der Waals surface area contributed by atoms with Gasteiger partial charge in [-0.05, 0) is 11.7 Å². The van der Waals surface area contributed by atoms with Gasteiger partial charge in [0.25, 0.3) is 0 Å². The maximum Gasteiger partial charge on any atom is 0.495 e. The van der Waals surface area contributed by atoms with Crippen molar-refractivity contribution in [2.24, 2.45) is 0 Å². The van der Waals surface area contributed by atoms with Gasteiger partial charge < -0.3 is 25.9 Å². The molecule has 0 saturated heterocycles. The van der Waals surface area contributed by atoms with E-state index in [1.807, 2.05) is 36.9 Å². The molecule has 0 aliphatic carbocycles. The van der Waals surface area contributed by atoms with Crippen molar-refractivity contribution in [3.8, 4) is 0 Å². The van der Waals surface area contributed by atoms with Gasteiger partial charge in [-0.2, -0.15) is 0 Å². The quantitative estimate of drug-likeness (QED) is 0.364. The summed E-state index contributed by atoms with van der Waals surface area (Å²) in [4.78, 5) is 0. The highest BCUT2D eigenvalue weighted by atomic mass is 28.5. The van der Waals surface area contributed by atoms with Crippen LogP contribution in [0.2, 0.25) is 18.6 Å². The Balaban J connectivity index is 3.37. The summed E-state index contributed by atoms with van der Waals surface area (Å²) >= 11 is 0. The molecule has 0 fully saturated rings. The zero-order valence-corrected chi connectivity index (χ0v) is 19.7. The van der Waals surface area contributed by atoms with E-state index in [4.69, 9.17) is 25.9 Å². The van der Waals surface area contributed by atoms with Gasteiger partial charge in [0.15, 0.2) is 0 Å². The van der Waals surface area contributed by atoms with E-state index < -0.39 is 26.2 Å². The SMILES string of the molecule is C=CC[Si](OC)(OC)O[Si](C)(O[Si](CCC)(OC)OC)c1ccccc1. The molecule has 0 heterocycles. The maximum atomic E-state index is 6.61. The number of hydrogen-bond acceptors (Lipinski definition) is 6. The predicted octanol–water partition coefficient (Wildman–Crippen LogP) is 3.06. The zero-order chi connectivity index (χ0) is 19.7. The highest BCUT2D eigenvalue weighted by molar-refractivity contribution is 6.91. The summed E-state index contributed by atoms with van der Waals surface area (Å²) in [6, 6.07) is 11.1. The fourth-order valence-corrected chi connectivity index (χ4v) is 13.9. The van der Waals surface area contributed by atoms with Crippen molar-refractivity contribution in [2.45, 2.75) is 32.0 Å². The Morgan fingerprint density at radius 1 is 0.885 bits per heavy atom. The van der Waals surface area contributed by atoms with Crippen molar-refractivity contribution in [1.29, 1.82) is 0 Å². The van der Waals surface area contributed by atoms with Crippen LogP contribution in [0.1, 0.15) is 13.3 Å². The van der Waals surface area contributed by atoms with Gasteiger partial charge in [0.1, 0.15) is 0 Å². The van der Waals surface area contributed by atoms with Gasteiger partial charge in [-0.25, -0.2) is 0 Å². The lowest BCUT2D eigenvalue weighted by molar-refractivity contribution is 0.120. The van der Waals surface area contributed by atoms with Crippen LogP contribution in [0.3, 0.4) is 0 Å². The standard InChI is InChI=1S/C17H32O6Si3/c1-8-15-25(18-3,19-4)22-24(7,17-13-11-10-12-14-17)23-26(20-5,21-6)16-9-2/h8,10-14H,1,9,15-16H2,2-7H3. The summed E-state index contributed by atoms with van der Waals surface area (Å²) in [6.45, 7) is 7.87. The van der Waals surface area contributed by atoms with Crippen molar-refractivity contribution in [3.05, 3.63) is 43.0 Å². The molecule has 6 nitrogen and oxygen atoms in total. The molecule has 0 aliphatic rings. The molecule has 9 heteroatoms. The molecule has 0 spiro atoms. The van der Waals surface area contributed by atoms with Crippen LogP contribution < -0.4 is 5.19 Å². The summed E-state index contributed by atoms with van der Waals surface area (Å²) in [6.07, 6.45) is 2.64. The molecule has 0 bridgehead atoms. The third kappa shape index (κ3) is 5.68. The van der Waals surface area contributed by atoms with Gasteiger partial charge in [0.2, 0.25) is 0 Å². The Labute approximate surface area is 161 Å². The van der Waals surface area contributed by atoms with E-state index >= 15 is 0 Å². The summed E-state index contributed by atoms with van der Waals surface area (Å²) in [7, 11) is -2.39. The molecule has 1 unspecified atom stereocenters. The Bertz CT molecular complexity index is 537. The minimum atomic E-state index is -2.98. The second-order valence-electron chi connectivity index (χ2n) is 5.94. The molecule has 1 aromatic carbocycles. The van der Waals surface area contributed by atoms with Crippen molar-refractivity contribution in [1.82, 2.24) is 0 Å². The third-order valence-corrected chi connectivity index (χ3v) is 15.6. The minimum Gasteiger partial charge on any atom is -0.390 e. The van der Waals surface area contributed by atoms with Gasteiger partial charge in [-0.1, -0.05) is 49.8 Å². The molecule has 0 aromatic heterocycles. The monoisotopic (exact) mass is 416 g/mol. The Morgan fingerprint density at radius 3 is 1.81 bits per heavy atom. The molecule has 1 aromatic rings. The first-order valence-electron chi connectivity index (χ1n) is 8.66. The first-order chi connectivity index (χ1) is 12.4. The van der Waals surface area contributed by atoms with E-state index in [1.165, 1.54) is 0 Å². The summed E-state index contributed by atoms with van der Waals surface area (Å²) in [5.74, 6) is 0. The second-order valence-corrected chi connectivity index (χ2v) is 15.3. The second kappa shape index (κ2) is 10.6. The molecule has 0 N–H and O–H groups in total. The average molecular weight is 417 g/mol. The smallest absolute Gasteiger partial charge is 0.390 e. The fraction of sp³-hybridized carbons (Fsp3) is 0.529. The van der Waals surface area contributed by atoms with Gasteiger partial charge in [0.05, 0.1) is 0 Å². The summed E-state index contributed by atoms with van der Waals surface area (Å²) in [5, 5.41) is 0.970. The lowest BCUT2D eigenvalue weighted by Crippen LogP contribution is -2.66. The molecule has 0 saturated carbocycles. The van der Waals surface area contributed by atoms with Crippen molar-refractivity contribution in [2.75, 3.05) is 28.4 Å². The van der Waals surface area contributed by atoms with Crippen LogP contribution in [-0.4, -0.2) is 54.6 Å². The topological polar surface area (TPSA) is 55.4 Å². The largest absolute Gasteiger partial charge is 0.495 e. The summed E-state index contributed by atoms with van der Waals surface area (Å²) in [5.41, 5.74) is 0. The molecular formula is C17H32O6Si3. The average Bonchev–Trinajstić information content (AvgIpc) is 2.68. The lowest BCUT2D eigenvalue weighted by atomic mass is 10.4. The van der Waals surface area contributed by atoms with Gasteiger partial charge in [0, 0.05) is 40.5 Å². The van der Waals surface area contributed by atoms with Gasteiger partial charge in [-0.15, -0.1) is 6.58 Å². The van der Waals surface area contributed by atoms with E-state index in [1.54, 1.807) is 34.5 Å². The molecule has 0 radical (unpaired) electrons. The van der Waals surface area contributed by atoms with E-state index in [2.05, 4.69) is 13.5 Å². The zero-order valence-electron chi connectivity index (χ0n) is 16.7. The molecule has 1 atom stereocenters. The minimum absolute atomic E-state index is 0.487. The van der Waals surface area contributed by atoms with Crippen LogP contribution in [-0.2, 0) is 25.9 Å². The van der Waals surface area contributed by atoms with Crippen LogP contribution in [0.5, 0.6) is 0 Å². The van der Waals surface area contributed by atoms with E-state index in [9.17, 15) is 0 Å². The number of benzene rings is 1. The highest BCUT2D eigenvalue weighted by Crippen LogP contribution is 2.27. The predicted molar refractivity (Wildman–Crippen MR) is 110 cm³/mol. The normalized spacial score (nSPS) is 14.8. The highest BCUT2D eigenvalue weighted by Gasteiger charge is 2.54. The maximum absolute atomic E-state index is 6.61. The number of rotatable bonds is 13. The first kappa shape index (κ1) is 23.4. The molecule has 1 rings (SSSR count). The Hall–Kier alpha value is -0.629. The third-order valence-electron chi connectivity index (χ3n) is 4.19. The van der Waals surface area contributed by atoms with Crippen molar-refractivity contribution in [3.63, 3.8) is 0 Å². The molecular weight excluding hydrogens is 384 g/mol. The Morgan fingerprint density at radius 2 is 1.38 bits per heavy atom. The van der Waals surface area contributed by atoms with Crippen LogP contribution >= 0.6 is 0 Å². The first-order valence-corrected chi connectivity index (χ1v) is 14.8. The van der Waals surface area contributed by atoms with E-state index in [0.717, 1.165) is 11.6 Å². The van der Waals surface area contributed by atoms with E-state index in [-0.39, 0.29) is 0 Å². The molecule has 26 heavy (non-hydrogen) atoms. The van der Waals surface area contributed by atoms with Gasteiger partial charge >= 0.3 is 26.2 Å². The van der Waals surface area contributed by atoms with Crippen LogP contribution in [0.15, 0.2) is 43.0 Å². The van der Waals surface area contributed by atoms with Crippen molar-refractivity contribution >= 4 is 31.4 Å². The lowest BCUT2D eigenvalue weighted by Gasteiger charge is -2.40. The van der Waals surface area contributed by atoms with Crippen LogP contribution in [0, 0.1) is 0 Å². The van der Waals surface area contributed by atoms with E-state index in [0.29, 0.717) is 12.1 Å². The van der Waals surface area contributed by atoms with Gasteiger partial charge in [-0.3, -0.25) is 0 Å².